The van der Waals surface area contributed by atoms with Crippen molar-refractivity contribution in [2.24, 2.45) is 11.8 Å². The van der Waals surface area contributed by atoms with E-state index in [4.69, 9.17) is 0 Å². The monoisotopic (exact) mass is 298 g/mol. The maximum Gasteiger partial charge on any atom is 0.258 e. The molecule has 1 aliphatic carbocycles. The zero-order valence-electron chi connectivity index (χ0n) is 11.7. The number of nitrogens with one attached hydrogen (secondary N) is 2. The molecule has 0 radical (unpaired) electrons. The van der Waals surface area contributed by atoms with Gasteiger partial charge in [-0.2, -0.15) is 0 Å². The minimum absolute atomic E-state index is 0.0764. The van der Waals surface area contributed by atoms with Crippen LogP contribution in [0.2, 0.25) is 0 Å². The van der Waals surface area contributed by atoms with Crippen LogP contribution in [0.1, 0.15) is 33.6 Å². The van der Waals surface area contributed by atoms with E-state index in [1.54, 1.807) is 24.3 Å². The Labute approximate surface area is 126 Å². The van der Waals surface area contributed by atoms with Crippen molar-refractivity contribution in [1.29, 1.82) is 0 Å². The number of rotatable bonds is 0. The van der Waals surface area contributed by atoms with Crippen molar-refractivity contribution in [2.45, 2.75) is 12.8 Å². The smallest absolute Gasteiger partial charge is 0.258 e. The second-order valence-corrected chi connectivity index (χ2v) is 5.32. The zero-order valence-corrected chi connectivity index (χ0v) is 11.7. The van der Waals surface area contributed by atoms with Gasteiger partial charge in [0.2, 0.25) is 11.8 Å². The summed E-state index contributed by atoms with van der Waals surface area (Å²) in [6, 6.07) is 6.74. The maximum atomic E-state index is 11.1. The molecule has 0 spiro atoms. The third-order valence-electron chi connectivity index (χ3n) is 3.95. The summed E-state index contributed by atoms with van der Waals surface area (Å²) in [6.07, 6.45) is 5.55. The van der Waals surface area contributed by atoms with E-state index >= 15 is 0 Å². The van der Waals surface area contributed by atoms with Crippen LogP contribution in [0, 0.1) is 11.8 Å². The summed E-state index contributed by atoms with van der Waals surface area (Å²) in [6.45, 7) is 0. The fraction of sp³-hybridized carbons (Fsp3) is 0.250. The number of benzene rings is 1. The lowest BCUT2D eigenvalue weighted by Gasteiger charge is -2.14. The number of carbonyl (C=O) groups is 4. The fourth-order valence-electron chi connectivity index (χ4n) is 2.81. The standard InChI is InChI=1S/C8H9NO2.C8H5NO2/c2*10-7-5-3-1-2-4-6(5)8(11)9-7/h1,3,5-6H,2,4H2,(H,9,10,11);1-4H,(H,9,10,11). The molecule has 3 aliphatic rings. The van der Waals surface area contributed by atoms with E-state index in [9.17, 15) is 19.2 Å². The number of hydrogen-bond donors (Lipinski definition) is 2. The summed E-state index contributed by atoms with van der Waals surface area (Å²) in [5.74, 6) is -1.07. The molecule has 1 fully saturated rings. The number of carbonyl (C=O) groups excluding carboxylic acids is 4. The summed E-state index contributed by atoms with van der Waals surface area (Å²) in [7, 11) is 0. The molecular weight excluding hydrogens is 284 g/mol. The summed E-state index contributed by atoms with van der Waals surface area (Å²) in [5.41, 5.74) is 0.940. The SMILES string of the molecule is O=C1NC(=O)C2CCC=CC12.O=C1NC(=O)c2ccccc21. The topological polar surface area (TPSA) is 92.3 Å². The Hall–Kier alpha value is -2.76. The van der Waals surface area contributed by atoms with Gasteiger partial charge < -0.3 is 0 Å². The third-order valence-corrected chi connectivity index (χ3v) is 3.95. The maximum absolute atomic E-state index is 11.1. The Morgan fingerprint density at radius 3 is 2.09 bits per heavy atom. The molecule has 1 aromatic rings. The van der Waals surface area contributed by atoms with E-state index in [2.05, 4.69) is 10.6 Å². The van der Waals surface area contributed by atoms with Crippen molar-refractivity contribution >= 4 is 23.6 Å². The van der Waals surface area contributed by atoms with Crippen LogP contribution < -0.4 is 10.6 Å². The van der Waals surface area contributed by atoms with Crippen molar-refractivity contribution in [3.63, 3.8) is 0 Å². The summed E-state index contributed by atoms with van der Waals surface area (Å²) < 4.78 is 0. The van der Waals surface area contributed by atoms with Crippen LogP contribution in [0.5, 0.6) is 0 Å². The van der Waals surface area contributed by atoms with Gasteiger partial charge in [-0.25, -0.2) is 0 Å². The van der Waals surface area contributed by atoms with Gasteiger partial charge in [0.1, 0.15) is 0 Å². The second kappa shape index (κ2) is 5.55. The quantitative estimate of drug-likeness (QED) is 0.547. The molecule has 1 saturated heterocycles. The molecule has 2 N–H and O–H groups in total. The molecule has 2 atom stereocenters. The minimum Gasteiger partial charge on any atom is -0.296 e. The highest BCUT2D eigenvalue weighted by atomic mass is 16.2. The van der Waals surface area contributed by atoms with Crippen LogP contribution in [-0.2, 0) is 9.59 Å². The van der Waals surface area contributed by atoms with Gasteiger partial charge in [-0.3, -0.25) is 29.8 Å². The van der Waals surface area contributed by atoms with E-state index in [-0.39, 0.29) is 35.5 Å². The average molecular weight is 298 g/mol. The van der Waals surface area contributed by atoms with Gasteiger partial charge in [-0.05, 0) is 25.0 Å². The minimum atomic E-state index is -0.300. The van der Waals surface area contributed by atoms with Crippen LogP contribution >= 0.6 is 0 Å². The largest absolute Gasteiger partial charge is 0.296 e. The Bertz CT molecular complexity index is 675. The summed E-state index contributed by atoms with van der Waals surface area (Å²) in [5, 5.41) is 4.53. The van der Waals surface area contributed by atoms with Gasteiger partial charge in [0.25, 0.3) is 11.8 Å². The van der Waals surface area contributed by atoms with Crippen LogP contribution in [0.15, 0.2) is 36.4 Å². The number of hydrogen-bond acceptors (Lipinski definition) is 4. The molecule has 6 nitrogen and oxygen atoms in total. The molecule has 0 aromatic heterocycles. The van der Waals surface area contributed by atoms with Gasteiger partial charge in [0, 0.05) is 0 Å². The first-order chi connectivity index (χ1) is 10.6. The first-order valence-corrected chi connectivity index (χ1v) is 7.04. The summed E-state index contributed by atoms with van der Waals surface area (Å²) in [4.78, 5) is 44.0. The van der Waals surface area contributed by atoms with Crippen molar-refractivity contribution in [3.05, 3.63) is 47.5 Å². The lowest BCUT2D eigenvalue weighted by molar-refractivity contribution is -0.126. The van der Waals surface area contributed by atoms with Gasteiger partial charge >= 0.3 is 0 Å². The molecule has 1 aromatic carbocycles. The van der Waals surface area contributed by atoms with Crippen LogP contribution in [0.4, 0.5) is 0 Å². The Balaban J connectivity index is 0.000000131. The highest BCUT2D eigenvalue weighted by Gasteiger charge is 2.40. The van der Waals surface area contributed by atoms with Gasteiger partial charge in [0.15, 0.2) is 0 Å². The molecule has 0 saturated carbocycles. The zero-order chi connectivity index (χ0) is 15.7. The van der Waals surface area contributed by atoms with Crippen molar-refractivity contribution in [1.82, 2.24) is 10.6 Å². The van der Waals surface area contributed by atoms with Gasteiger partial charge in [-0.15, -0.1) is 0 Å². The second-order valence-electron chi connectivity index (χ2n) is 5.32. The molecular formula is C16H14N2O4. The fourth-order valence-corrected chi connectivity index (χ4v) is 2.81. The number of allylic oxidation sites excluding steroid dienone is 1. The Morgan fingerprint density at radius 2 is 1.50 bits per heavy atom. The van der Waals surface area contributed by atoms with Crippen LogP contribution in [0.25, 0.3) is 0 Å². The van der Waals surface area contributed by atoms with Crippen molar-refractivity contribution < 1.29 is 19.2 Å². The van der Waals surface area contributed by atoms with Gasteiger partial charge in [0.05, 0.1) is 23.0 Å². The van der Waals surface area contributed by atoms with E-state index in [1.165, 1.54) is 0 Å². The molecule has 2 unspecified atom stereocenters. The van der Waals surface area contributed by atoms with Crippen LogP contribution in [0.3, 0.4) is 0 Å². The van der Waals surface area contributed by atoms with Crippen molar-refractivity contribution in [3.8, 4) is 0 Å². The lowest BCUT2D eigenvalue weighted by Crippen LogP contribution is -2.21. The number of fused-ring (bicyclic) bond motifs is 2. The van der Waals surface area contributed by atoms with E-state index < -0.39 is 0 Å². The van der Waals surface area contributed by atoms with Crippen LogP contribution in [-0.4, -0.2) is 23.6 Å². The molecule has 4 rings (SSSR count). The summed E-state index contributed by atoms with van der Waals surface area (Å²) >= 11 is 0. The van der Waals surface area contributed by atoms with E-state index in [0.29, 0.717) is 11.1 Å². The molecule has 6 heteroatoms. The first-order valence-electron chi connectivity index (χ1n) is 7.04. The Morgan fingerprint density at radius 1 is 0.864 bits per heavy atom. The average Bonchev–Trinajstić information content (AvgIpc) is 2.99. The lowest BCUT2D eigenvalue weighted by atomic mass is 9.86. The van der Waals surface area contributed by atoms with Gasteiger partial charge in [-0.1, -0.05) is 24.3 Å². The molecule has 0 bridgehead atoms. The van der Waals surface area contributed by atoms with E-state index in [0.717, 1.165) is 12.8 Å². The highest BCUT2D eigenvalue weighted by molar-refractivity contribution is 6.21. The Kier molecular flexibility index (Phi) is 3.58. The highest BCUT2D eigenvalue weighted by Crippen LogP contribution is 2.28. The van der Waals surface area contributed by atoms with E-state index in [1.807, 2.05) is 12.2 Å². The number of amides is 4. The molecule has 2 aliphatic heterocycles. The molecule has 2 heterocycles. The number of imide groups is 2. The normalized spacial score (nSPS) is 24.9. The third kappa shape index (κ3) is 2.43. The first kappa shape index (κ1) is 14.2. The molecule has 4 amide bonds. The predicted molar refractivity (Wildman–Crippen MR) is 76.7 cm³/mol. The van der Waals surface area contributed by atoms with Crippen molar-refractivity contribution in [2.75, 3.05) is 0 Å². The molecule has 22 heavy (non-hydrogen) atoms. The molecule has 112 valence electrons. The predicted octanol–water partition coefficient (Wildman–Crippen LogP) is 0.795.